The van der Waals surface area contributed by atoms with Crippen molar-refractivity contribution in [3.63, 3.8) is 0 Å². The van der Waals surface area contributed by atoms with Crippen LogP contribution in [-0.4, -0.2) is 10.1 Å². The molecule has 0 fully saturated rings. The van der Waals surface area contributed by atoms with Crippen LogP contribution in [0.5, 0.6) is 0 Å². The molecule has 0 aliphatic heterocycles. The van der Waals surface area contributed by atoms with Gasteiger partial charge < -0.3 is 5.11 Å². The summed E-state index contributed by atoms with van der Waals surface area (Å²) in [4.78, 5) is 3.46. The van der Waals surface area contributed by atoms with E-state index < -0.39 is 17.3 Å². The molecule has 1 atom stereocenters. The van der Waals surface area contributed by atoms with Crippen LogP contribution in [-0.2, 0) is 6.18 Å². The lowest BCUT2D eigenvalue weighted by molar-refractivity contribution is -0.137. The van der Waals surface area contributed by atoms with Gasteiger partial charge in [0.05, 0.1) is 4.88 Å². The second kappa shape index (κ2) is 4.15. The van der Waals surface area contributed by atoms with Crippen LogP contribution < -0.4 is 0 Å². The number of aliphatic hydroxyl groups excluding tert-OH is 1. The molecule has 2 heterocycles. The molecule has 1 N–H and O–H groups in total. The van der Waals surface area contributed by atoms with Gasteiger partial charge in [-0.2, -0.15) is 24.5 Å². The van der Waals surface area contributed by atoms with Gasteiger partial charge >= 0.3 is 6.18 Å². The standard InChI is InChI=1S/C9H6F3NOS2/c10-9(11,12)8-13-3-6(16-8)7(14)5-1-2-15-4-5/h1-4,7,14H. The zero-order valence-electron chi connectivity index (χ0n) is 7.73. The van der Waals surface area contributed by atoms with E-state index in [4.69, 9.17) is 0 Å². The van der Waals surface area contributed by atoms with Gasteiger partial charge in [0.25, 0.3) is 0 Å². The van der Waals surface area contributed by atoms with Crippen molar-refractivity contribution in [1.82, 2.24) is 4.98 Å². The quantitative estimate of drug-likeness (QED) is 0.903. The average molecular weight is 265 g/mol. The molecule has 0 spiro atoms. The Morgan fingerprint density at radius 2 is 2.12 bits per heavy atom. The third-order valence-electron chi connectivity index (χ3n) is 1.89. The normalized spacial score (nSPS) is 14.0. The monoisotopic (exact) mass is 265 g/mol. The summed E-state index contributed by atoms with van der Waals surface area (Å²) < 4.78 is 36.8. The van der Waals surface area contributed by atoms with E-state index in [0.29, 0.717) is 16.9 Å². The lowest BCUT2D eigenvalue weighted by atomic mass is 10.2. The Balaban J connectivity index is 2.26. The summed E-state index contributed by atoms with van der Waals surface area (Å²) in [6.45, 7) is 0. The molecule has 1 unspecified atom stereocenters. The Bertz CT molecular complexity index is 463. The van der Waals surface area contributed by atoms with Gasteiger partial charge in [-0.25, -0.2) is 4.98 Å². The molecule has 0 radical (unpaired) electrons. The highest BCUT2D eigenvalue weighted by Gasteiger charge is 2.35. The van der Waals surface area contributed by atoms with Crippen LogP contribution in [0.2, 0.25) is 0 Å². The Morgan fingerprint density at radius 1 is 1.38 bits per heavy atom. The molecule has 0 amide bonds. The number of aromatic nitrogens is 1. The minimum atomic E-state index is -4.45. The summed E-state index contributed by atoms with van der Waals surface area (Å²) in [5, 5.41) is 12.3. The van der Waals surface area contributed by atoms with Crippen molar-refractivity contribution >= 4 is 22.7 Å². The summed E-state index contributed by atoms with van der Waals surface area (Å²) in [7, 11) is 0. The third kappa shape index (κ3) is 2.26. The second-order valence-electron chi connectivity index (χ2n) is 3.02. The van der Waals surface area contributed by atoms with Crippen LogP contribution in [0.15, 0.2) is 23.0 Å². The van der Waals surface area contributed by atoms with E-state index in [1.54, 1.807) is 16.8 Å². The number of aliphatic hydroxyl groups is 1. The molecule has 2 rings (SSSR count). The van der Waals surface area contributed by atoms with E-state index in [2.05, 4.69) is 4.98 Å². The number of alkyl halides is 3. The Hall–Kier alpha value is -0.920. The van der Waals surface area contributed by atoms with Gasteiger partial charge in [0.15, 0.2) is 5.01 Å². The number of nitrogens with zero attached hydrogens (tertiary/aromatic N) is 1. The largest absolute Gasteiger partial charge is 0.443 e. The molecule has 2 nitrogen and oxygen atoms in total. The summed E-state index contributed by atoms with van der Waals surface area (Å²) in [6, 6.07) is 1.67. The maximum atomic E-state index is 12.3. The predicted octanol–water partition coefficient (Wildman–Crippen LogP) is 3.31. The fourth-order valence-electron chi connectivity index (χ4n) is 1.14. The molecule has 16 heavy (non-hydrogen) atoms. The van der Waals surface area contributed by atoms with E-state index in [0.717, 1.165) is 6.20 Å². The minimum absolute atomic E-state index is 0.200. The number of rotatable bonds is 2. The van der Waals surface area contributed by atoms with Crippen LogP contribution in [0.4, 0.5) is 13.2 Å². The van der Waals surface area contributed by atoms with Crippen molar-refractivity contribution in [3.05, 3.63) is 38.5 Å². The Labute approximate surface area is 97.0 Å². The second-order valence-corrected chi connectivity index (χ2v) is 4.87. The first kappa shape index (κ1) is 11.6. The number of thiophene rings is 1. The smallest absolute Gasteiger partial charge is 0.383 e. The van der Waals surface area contributed by atoms with Crippen molar-refractivity contribution in [1.29, 1.82) is 0 Å². The maximum Gasteiger partial charge on any atom is 0.443 e. The highest BCUT2D eigenvalue weighted by Crippen LogP contribution is 2.36. The topological polar surface area (TPSA) is 33.1 Å². The van der Waals surface area contributed by atoms with Crippen LogP contribution >= 0.6 is 22.7 Å². The molecule has 0 aromatic carbocycles. The summed E-state index contributed by atoms with van der Waals surface area (Å²) in [6.07, 6.45) is -4.41. The highest BCUT2D eigenvalue weighted by molar-refractivity contribution is 7.11. The minimum Gasteiger partial charge on any atom is -0.383 e. The number of halogens is 3. The SMILES string of the molecule is OC(c1ccsc1)c1cnc(C(F)(F)F)s1. The summed E-state index contributed by atoms with van der Waals surface area (Å²) >= 11 is 1.84. The van der Waals surface area contributed by atoms with Gasteiger partial charge in [-0.3, -0.25) is 0 Å². The Morgan fingerprint density at radius 3 is 2.62 bits per heavy atom. The molecule has 0 saturated carbocycles. The van der Waals surface area contributed by atoms with Gasteiger partial charge in [-0.15, -0.1) is 11.3 Å². The van der Waals surface area contributed by atoms with Gasteiger partial charge in [0, 0.05) is 6.20 Å². The van der Waals surface area contributed by atoms with Crippen LogP contribution in [0.1, 0.15) is 21.6 Å². The van der Waals surface area contributed by atoms with Gasteiger partial charge in [-0.1, -0.05) is 0 Å². The maximum absolute atomic E-state index is 12.3. The Kier molecular flexibility index (Phi) is 3.00. The molecule has 0 bridgehead atoms. The van der Waals surface area contributed by atoms with Crippen molar-refractivity contribution in [2.24, 2.45) is 0 Å². The molecule has 0 aliphatic rings. The van der Waals surface area contributed by atoms with Gasteiger partial charge in [0.2, 0.25) is 0 Å². The molecular formula is C9H6F3NOS2. The number of thiazole rings is 1. The molecule has 0 aliphatic carbocycles. The molecule has 2 aromatic heterocycles. The highest BCUT2D eigenvalue weighted by atomic mass is 32.1. The first-order chi connectivity index (χ1) is 7.48. The average Bonchev–Trinajstić information content (AvgIpc) is 2.87. The molecule has 2 aromatic rings. The lowest BCUT2D eigenvalue weighted by Gasteiger charge is -2.04. The molecule has 0 saturated heterocycles. The predicted molar refractivity (Wildman–Crippen MR) is 55.5 cm³/mol. The van der Waals surface area contributed by atoms with E-state index in [1.807, 2.05) is 0 Å². The fourth-order valence-corrected chi connectivity index (χ4v) is 2.62. The van der Waals surface area contributed by atoms with E-state index in [1.165, 1.54) is 11.3 Å². The van der Waals surface area contributed by atoms with Crippen molar-refractivity contribution in [3.8, 4) is 0 Å². The third-order valence-corrected chi connectivity index (χ3v) is 3.69. The van der Waals surface area contributed by atoms with E-state index in [-0.39, 0.29) is 4.88 Å². The zero-order valence-corrected chi connectivity index (χ0v) is 9.36. The van der Waals surface area contributed by atoms with Crippen molar-refractivity contribution in [2.45, 2.75) is 12.3 Å². The van der Waals surface area contributed by atoms with Crippen molar-refractivity contribution in [2.75, 3.05) is 0 Å². The first-order valence-electron chi connectivity index (χ1n) is 4.21. The van der Waals surface area contributed by atoms with Crippen LogP contribution in [0.25, 0.3) is 0 Å². The molecular weight excluding hydrogens is 259 g/mol. The van der Waals surface area contributed by atoms with Crippen molar-refractivity contribution < 1.29 is 18.3 Å². The van der Waals surface area contributed by atoms with Gasteiger partial charge in [0.1, 0.15) is 6.10 Å². The van der Waals surface area contributed by atoms with Crippen LogP contribution in [0, 0.1) is 0 Å². The van der Waals surface area contributed by atoms with Crippen LogP contribution in [0.3, 0.4) is 0 Å². The van der Waals surface area contributed by atoms with E-state index >= 15 is 0 Å². The lowest BCUT2D eigenvalue weighted by Crippen LogP contribution is -2.03. The fraction of sp³-hybridized carbons (Fsp3) is 0.222. The molecule has 7 heteroatoms. The zero-order chi connectivity index (χ0) is 11.8. The first-order valence-corrected chi connectivity index (χ1v) is 5.97. The molecule has 86 valence electrons. The van der Waals surface area contributed by atoms with E-state index in [9.17, 15) is 18.3 Å². The summed E-state index contributed by atoms with van der Waals surface area (Å²) in [5.41, 5.74) is 0.586. The van der Waals surface area contributed by atoms with Gasteiger partial charge in [-0.05, 0) is 22.4 Å². The number of hydrogen-bond acceptors (Lipinski definition) is 4. The summed E-state index contributed by atoms with van der Waals surface area (Å²) in [5.74, 6) is 0. The number of hydrogen-bond donors (Lipinski definition) is 1.